The molecule has 1 aromatic rings. The van der Waals surface area contributed by atoms with Gasteiger partial charge in [0.25, 0.3) is 0 Å². The van der Waals surface area contributed by atoms with Crippen LogP contribution in [0.25, 0.3) is 0 Å². The third-order valence-corrected chi connectivity index (χ3v) is 5.28. The molecule has 0 aliphatic rings. The maximum atomic E-state index is 11.2. The summed E-state index contributed by atoms with van der Waals surface area (Å²) in [6.45, 7) is 3.48. The van der Waals surface area contributed by atoms with Crippen molar-refractivity contribution in [1.82, 2.24) is 4.98 Å². The molecule has 1 heterocycles. The topological polar surface area (TPSA) is 67.3 Å². The summed E-state index contributed by atoms with van der Waals surface area (Å²) in [7, 11) is -2.92. The molecule has 92 valence electrons. The Kier molecular flexibility index (Phi) is 4.89. The van der Waals surface area contributed by atoms with Gasteiger partial charge in [0, 0.05) is 5.75 Å². The molecule has 0 radical (unpaired) electrons. The van der Waals surface area contributed by atoms with Crippen molar-refractivity contribution in [3.05, 3.63) is 16.1 Å². The average molecular weight is 263 g/mol. The first-order valence-corrected chi connectivity index (χ1v) is 7.95. The van der Waals surface area contributed by atoms with Crippen molar-refractivity contribution < 1.29 is 13.5 Å². The number of aliphatic hydroxyl groups excluding tert-OH is 1. The molecule has 1 atom stereocenters. The minimum atomic E-state index is -2.92. The first-order valence-electron chi connectivity index (χ1n) is 5.24. The van der Waals surface area contributed by atoms with Gasteiger partial charge in [-0.15, -0.1) is 11.3 Å². The summed E-state index contributed by atoms with van der Waals surface area (Å²) in [5.74, 6) is 0.321. The SMILES string of the molecule is CCS(=O)(=O)CCCC(O)c1scnc1C. The number of aromatic nitrogens is 1. The lowest BCUT2D eigenvalue weighted by Crippen LogP contribution is -2.10. The predicted octanol–water partition coefficient (Wildman–Crippen LogP) is 1.70. The van der Waals surface area contributed by atoms with E-state index in [0.717, 1.165) is 10.6 Å². The second kappa shape index (κ2) is 5.75. The van der Waals surface area contributed by atoms with Crippen LogP contribution in [0.2, 0.25) is 0 Å². The van der Waals surface area contributed by atoms with Crippen molar-refractivity contribution >= 4 is 21.2 Å². The zero-order valence-corrected chi connectivity index (χ0v) is 11.1. The molecule has 0 fully saturated rings. The normalized spacial score (nSPS) is 13.9. The molecule has 1 N–H and O–H groups in total. The van der Waals surface area contributed by atoms with Crippen LogP contribution in [-0.2, 0) is 9.84 Å². The van der Waals surface area contributed by atoms with Crippen LogP contribution in [0.4, 0.5) is 0 Å². The van der Waals surface area contributed by atoms with Gasteiger partial charge in [-0.05, 0) is 19.8 Å². The Bertz CT molecular complexity index is 425. The molecular formula is C10H17NO3S2. The summed E-state index contributed by atoms with van der Waals surface area (Å²) in [4.78, 5) is 4.89. The number of thiazole rings is 1. The maximum absolute atomic E-state index is 11.2. The highest BCUT2D eigenvalue weighted by molar-refractivity contribution is 7.91. The number of nitrogens with zero attached hydrogens (tertiary/aromatic N) is 1. The molecule has 0 spiro atoms. The molecule has 0 bridgehead atoms. The predicted molar refractivity (Wildman–Crippen MR) is 65.4 cm³/mol. The van der Waals surface area contributed by atoms with Crippen molar-refractivity contribution in [2.75, 3.05) is 11.5 Å². The zero-order valence-electron chi connectivity index (χ0n) is 9.51. The Labute approximate surface area is 100 Å². The Morgan fingerprint density at radius 2 is 2.25 bits per heavy atom. The van der Waals surface area contributed by atoms with Gasteiger partial charge < -0.3 is 5.11 Å². The van der Waals surface area contributed by atoms with Gasteiger partial charge in [0.05, 0.1) is 27.9 Å². The molecule has 0 aliphatic heterocycles. The van der Waals surface area contributed by atoms with E-state index in [1.54, 1.807) is 12.4 Å². The third kappa shape index (κ3) is 3.84. The lowest BCUT2D eigenvalue weighted by molar-refractivity contribution is 0.169. The summed E-state index contributed by atoms with van der Waals surface area (Å²) in [6, 6.07) is 0. The van der Waals surface area contributed by atoms with Gasteiger partial charge >= 0.3 is 0 Å². The van der Waals surface area contributed by atoms with Crippen LogP contribution in [-0.4, -0.2) is 30.0 Å². The number of sulfone groups is 1. The number of hydrogen-bond acceptors (Lipinski definition) is 5. The second-order valence-corrected chi connectivity index (χ2v) is 7.06. The van der Waals surface area contributed by atoms with E-state index in [1.807, 2.05) is 6.92 Å². The van der Waals surface area contributed by atoms with Crippen LogP contribution >= 0.6 is 11.3 Å². The number of rotatable bonds is 6. The van der Waals surface area contributed by atoms with E-state index in [-0.39, 0.29) is 11.5 Å². The molecule has 4 nitrogen and oxygen atoms in total. The molecular weight excluding hydrogens is 246 g/mol. The Balaban J connectivity index is 2.43. The second-order valence-electron chi connectivity index (χ2n) is 3.70. The quantitative estimate of drug-likeness (QED) is 0.848. The zero-order chi connectivity index (χ0) is 12.2. The molecule has 1 unspecified atom stereocenters. The minimum absolute atomic E-state index is 0.151. The molecule has 6 heteroatoms. The maximum Gasteiger partial charge on any atom is 0.150 e. The van der Waals surface area contributed by atoms with E-state index in [9.17, 15) is 13.5 Å². The fourth-order valence-electron chi connectivity index (χ4n) is 1.40. The van der Waals surface area contributed by atoms with Gasteiger partial charge in [-0.3, -0.25) is 0 Å². The fraction of sp³-hybridized carbons (Fsp3) is 0.700. The van der Waals surface area contributed by atoms with Crippen LogP contribution in [0.15, 0.2) is 5.51 Å². The van der Waals surface area contributed by atoms with Crippen molar-refractivity contribution in [3.8, 4) is 0 Å². The first-order chi connectivity index (χ1) is 7.46. The van der Waals surface area contributed by atoms with Crippen LogP contribution in [0, 0.1) is 6.92 Å². The van der Waals surface area contributed by atoms with E-state index in [2.05, 4.69) is 4.98 Å². The monoisotopic (exact) mass is 263 g/mol. The molecule has 1 rings (SSSR count). The van der Waals surface area contributed by atoms with Crippen LogP contribution in [0.5, 0.6) is 0 Å². The summed E-state index contributed by atoms with van der Waals surface area (Å²) in [5.41, 5.74) is 2.52. The van der Waals surface area contributed by atoms with Gasteiger partial charge in [0.15, 0.2) is 0 Å². The lowest BCUT2D eigenvalue weighted by atomic mass is 10.1. The van der Waals surface area contributed by atoms with E-state index in [1.165, 1.54) is 11.3 Å². The van der Waals surface area contributed by atoms with E-state index < -0.39 is 15.9 Å². The molecule has 0 aliphatic carbocycles. The molecule has 16 heavy (non-hydrogen) atoms. The molecule has 1 aromatic heterocycles. The molecule has 0 saturated heterocycles. The highest BCUT2D eigenvalue weighted by atomic mass is 32.2. The summed E-state index contributed by atoms with van der Waals surface area (Å²) >= 11 is 1.41. The molecule has 0 aromatic carbocycles. The van der Waals surface area contributed by atoms with Gasteiger partial charge in [0.1, 0.15) is 9.84 Å². The number of aryl methyl sites for hydroxylation is 1. The van der Waals surface area contributed by atoms with Crippen molar-refractivity contribution in [2.24, 2.45) is 0 Å². The van der Waals surface area contributed by atoms with Crippen LogP contribution < -0.4 is 0 Å². The highest BCUT2D eigenvalue weighted by Gasteiger charge is 2.14. The van der Waals surface area contributed by atoms with E-state index in [0.29, 0.717) is 12.8 Å². The largest absolute Gasteiger partial charge is 0.388 e. The molecule has 0 amide bonds. The summed E-state index contributed by atoms with van der Waals surface area (Å²) < 4.78 is 22.5. The number of aliphatic hydroxyl groups is 1. The van der Waals surface area contributed by atoms with Gasteiger partial charge in [-0.25, -0.2) is 13.4 Å². The third-order valence-electron chi connectivity index (χ3n) is 2.46. The Morgan fingerprint density at radius 3 is 2.75 bits per heavy atom. The van der Waals surface area contributed by atoms with Crippen LogP contribution in [0.1, 0.15) is 36.4 Å². The van der Waals surface area contributed by atoms with E-state index >= 15 is 0 Å². The van der Waals surface area contributed by atoms with Crippen molar-refractivity contribution in [3.63, 3.8) is 0 Å². The van der Waals surface area contributed by atoms with Gasteiger partial charge in [0.2, 0.25) is 0 Å². The van der Waals surface area contributed by atoms with E-state index in [4.69, 9.17) is 0 Å². The Morgan fingerprint density at radius 1 is 1.56 bits per heavy atom. The average Bonchev–Trinajstić information content (AvgIpc) is 2.64. The fourth-order valence-corrected chi connectivity index (χ4v) is 3.12. The van der Waals surface area contributed by atoms with Crippen LogP contribution in [0.3, 0.4) is 0 Å². The van der Waals surface area contributed by atoms with Gasteiger partial charge in [-0.1, -0.05) is 6.92 Å². The van der Waals surface area contributed by atoms with Gasteiger partial charge in [-0.2, -0.15) is 0 Å². The number of hydrogen-bond donors (Lipinski definition) is 1. The highest BCUT2D eigenvalue weighted by Crippen LogP contribution is 2.25. The minimum Gasteiger partial charge on any atom is -0.388 e. The molecule has 0 saturated carbocycles. The first kappa shape index (κ1) is 13.6. The summed E-state index contributed by atoms with van der Waals surface area (Å²) in [5, 5.41) is 9.84. The lowest BCUT2D eigenvalue weighted by Gasteiger charge is -2.08. The smallest absolute Gasteiger partial charge is 0.150 e. The van der Waals surface area contributed by atoms with Crippen molar-refractivity contribution in [2.45, 2.75) is 32.8 Å². The summed E-state index contributed by atoms with van der Waals surface area (Å²) in [6.07, 6.45) is 0.385. The standard InChI is InChI=1S/C10H17NO3S2/c1-3-16(13,14)6-4-5-9(12)10-8(2)11-7-15-10/h7,9,12H,3-6H2,1-2H3. The van der Waals surface area contributed by atoms with Crippen molar-refractivity contribution in [1.29, 1.82) is 0 Å². The Hall–Kier alpha value is -0.460.